The molecule has 1 aromatic heterocycles. The number of aryl methyl sites for hydroxylation is 3. The first-order valence-corrected chi connectivity index (χ1v) is 12.0. The second kappa shape index (κ2) is 8.38. The van der Waals surface area contributed by atoms with E-state index in [4.69, 9.17) is 16.6 Å². The highest BCUT2D eigenvalue weighted by molar-refractivity contribution is 7.22. The van der Waals surface area contributed by atoms with Gasteiger partial charge in [0.1, 0.15) is 5.76 Å². The highest BCUT2D eigenvalue weighted by atomic mass is 35.5. The van der Waals surface area contributed by atoms with Crippen molar-refractivity contribution in [2.45, 2.75) is 26.8 Å². The number of rotatable bonds is 3. The van der Waals surface area contributed by atoms with E-state index in [0.717, 1.165) is 32.5 Å². The summed E-state index contributed by atoms with van der Waals surface area (Å²) in [6, 6.07) is 17.4. The maximum atomic E-state index is 13.4. The first-order valence-electron chi connectivity index (χ1n) is 10.8. The zero-order valence-corrected chi connectivity index (χ0v) is 20.4. The van der Waals surface area contributed by atoms with Crippen molar-refractivity contribution in [3.05, 3.63) is 99.1 Å². The van der Waals surface area contributed by atoms with Crippen LogP contribution in [0.4, 0.5) is 5.13 Å². The fourth-order valence-electron chi connectivity index (χ4n) is 4.25. The molecule has 170 valence electrons. The number of aromatic nitrogens is 1. The number of anilines is 1. The van der Waals surface area contributed by atoms with Crippen molar-refractivity contribution in [2.24, 2.45) is 0 Å². The van der Waals surface area contributed by atoms with E-state index >= 15 is 0 Å². The highest BCUT2D eigenvalue weighted by Gasteiger charge is 2.48. The minimum absolute atomic E-state index is 0.0180. The number of carbonyl (C=O) groups is 2. The molecule has 1 N–H and O–H groups in total. The number of Topliss-reactive ketones (excluding diaryl/α,β-unsaturated/α-hetero) is 1. The average Bonchev–Trinajstić information content (AvgIpc) is 3.31. The Morgan fingerprint density at radius 3 is 2.47 bits per heavy atom. The first-order chi connectivity index (χ1) is 16.2. The van der Waals surface area contributed by atoms with Crippen LogP contribution in [0.3, 0.4) is 0 Å². The second-order valence-electron chi connectivity index (χ2n) is 8.49. The molecule has 5 rings (SSSR count). The lowest BCUT2D eigenvalue weighted by atomic mass is 9.94. The van der Waals surface area contributed by atoms with E-state index in [1.807, 2.05) is 57.2 Å². The molecule has 7 heteroatoms. The van der Waals surface area contributed by atoms with Crippen LogP contribution in [0.5, 0.6) is 0 Å². The van der Waals surface area contributed by atoms with Crippen LogP contribution in [-0.2, 0) is 9.59 Å². The van der Waals surface area contributed by atoms with Crippen LogP contribution in [0.25, 0.3) is 16.0 Å². The number of benzene rings is 3. The Kier molecular flexibility index (Phi) is 5.50. The molecular weight excluding hydrogens is 468 g/mol. The van der Waals surface area contributed by atoms with Crippen molar-refractivity contribution in [3.8, 4) is 0 Å². The first kappa shape index (κ1) is 22.3. The highest BCUT2D eigenvalue weighted by Crippen LogP contribution is 2.44. The van der Waals surface area contributed by atoms with Crippen molar-refractivity contribution in [3.63, 3.8) is 0 Å². The van der Waals surface area contributed by atoms with E-state index < -0.39 is 17.7 Å². The molecule has 0 saturated carbocycles. The van der Waals surface area contributed by atoms with Crippen molar-refractivity contribution in [2.75, 3.05) is 4.90 Å². The Morgan fingerprint density at radius 2 is 1.74 bits per heavy atom. The SMILES string of the molecule is Cc1cccc(C2/C(=C(\O)c3cccc(Cl)c3)C(=O)C(=O)N2c2nc3cc(C)c(C)cc3s2)c1. The summed E-state index contributed by atoms with van der Waals surface area (Å²) in [7, 11) is 0. The minimum atomic E-state index is -0.818. The number of halogens is 1. The van der Waals surface area contributed by atoms with Crippen molar-refractivity contribution in [1.82, 2.24) is 4.98 Å². The smallest absolute Gasteiger partial charge is 0.301 e. The quantitative estimate of drug-likeness (QED) is 0.203. The molecule has 34 heavy (non-hydrogen) atoms. The van der Waals surface area contributed by atoms with Crippen LogP contribution in [0, 0.1) is 20.8 Å². The van der Waals surface area contributed by atoms with Crippen molar-refractivity contribution in [1.29, 1.82) is 0 Å². The minimum Gasteiger partial charge on any atom is -0.507 e. The van der Waals surface area contributed by atoms with Crippen molar-refractivity contribution < 1.29 is 14.7 Å². The zero-order chi connectivity index (χ0) is 24.1. The van der Waals surface area contributed by atoms with Gasteiger partial charge in [-0.05, 0) is 61.7 Å². The largest absolute Gasteiger partial charge is 0.507 e. The number of ketones is 1. The third-order valence-electron chi connectivity index (χ3n) is 6.10. The molecule has 5 nitrogen and oxygen atoms in total. The fourth-order valence-corrected chi connectivity index (χ4v) is 5.51. The van der Waals surface area contributed by atoms with Gasteiger partial charge in [0.25, 0.3) is 5.78 Å². The third-order valence-corrected chi connectivity index (χ3v) is 7.35. The second-order valence-corrected chi connectivity index (χ2v) is 9.94. The van der Waals surface area contributed by atoms with E-state index in [1.54, 1.807) is 24.3 Å². The number of hydrogen-bond donors (Lipinski definition) is 1. The Labute approximate surface area is 205 Å². The summed E-state index contributed by atoms with van der Waals surface area (Å²) >= 11 is 7.48. The van der Waals surface area contributed by atoms with E-state index in [1.165, 1.54) is 16.2 Å². The Balaban J connectivity index is 1.75. The lowest BCUT2D eigenvalue weighted by molar-refractivity contribution is -0.132. The molecule has 0 aliphatic carbocycles. The molecule has 1 unspecified atom stereocenters. The zero-order valence-electron chi connectivity index (χ0n) is 18.8. The number of nitrogens with zero attached hydrogens (tertiary/aromatic N) is 2. The standard InChI is InChI=1S/C27H21ClN2O3S/c1-14-6-4-7-17(10-14)23-22(24(31)18-8-5-9-19(28)13-18)25(32)26(33)30(23)27-29-20-11-15(2)16(3)12-21(20)34-27/h4-13,23,31H,1-3H3/b24-22+. The predicted octanol–water partition coefficient (Wildman–Crippen LogP) is 6.50. The number of hydrogen-bond acceptors (Lipinski definition) is 5. The lowest BCUT2D eigenvalue weighted by Gasteiger charge is -2.23. The normalized spacial score (nSPS) is 17.6. The molecule has 0 bridgehead atoms. The van der Waals surface area contributed by atoms with Gasteiger partial charge in [-0.25, -0.2) is 4.98 Å². The maximum absolute atomic E-state index is 13.4. The number of aliphatic hydroxyl groups excluding tert-OH is 1. The van der Waals surface area contributed by atoms with E-state index in [-0.39, 0.29) is 11.3 Å². The van der Waals surface area contributed by atoms with Crippen LogP contribution < -0.4 is 4.90 Å². The summed E-state index contributed by atoms with van der Waals surface area (Å²) in [4.78, 5) is 32.8. The molecule has 3 aromatic carbocycles. The number of carbonyl (C=O) groups excluding carboxylic acids is 2. The molecule has 1 saturated heterocycles. The Morgan fingerprint density at radius 1 is 1.00 bits per heavy atom. The van der Waals surface area contributed by atoms with Gasteiger partial charge < -0.3 is 5.11 Å². The van der Waals surface area contributed by atoms with E-state index in [2.05, 4.69) is 0 Å². The van der Waals surface area contributed by atoms with Gasteiger partial charge in [0.05, 0.1) is 21.8 Å². The summed E-state index contributed by atoms with van der Waals surface area (Å²) in [5, 5.41) is 12.0. The number of fused-ring (bicyclic) bond motifs is 1. The maximum Gasteiger partial charge on any atom is 0.301 e. The van der Waals surface area contributed by atoms with Crippen LogP contribution in [-0.4, -0.2) is 21.8 Å². The molecule has 1 fully saturated rings. The van der Waals surface area contributed by atoms with E-state index in [9.17, 15) is 14.7 Å². The van der Waals surface area contributed by atoms with Crippen LogP contribution in [0.15, 0.2) is 66.2 Å². The summed E-state index contributed by atoms with van der Waals surface area (Å²) in [6.45, 7) is 5.98. The van der Waals surface area contributed by atoms with Gasteiger partial charge in [-0.1, -0.05) is 64.9 Å². The monoisotopic (exact) mass is 488 g/mol. The molecular formula is C27H21ClN2O3S. The van der Waals surface area contributed by atoms with Gasteiger partial charge in [-0.2, -0.15) is 0 Å². The molecule has 0 spiro atoms. The predicted molar refractivity (Wildman–Crippen MR) is 137 cm³/mol. The summed E-state index contributed by atoms with van der Waals surface area (Å²) in [6.07, 6.45) is 0. The van der Waals surface area contributed by atoms with E-state index in [0.29, 0.717) is 15.7 Å². The topological polar surface area (TPSA) is 70.5 Å². The van der Waals surface area contributed by atoms with Gasteiger partial charge in [0, 0.05) is 10.6 Å². The van der Waals surface area contributed by atoms with Gasteiger partial charge >= 0.3 is 5.91 Å². The Bertz CT molecular complexity index is 1480. The van der Waals surface area contributed by atoms with Gasteiger partial charge in [-0.15, -0.1) is 0 Å². The van der Waals surface area contributed by atoms with Crippen LogP contribution in [0.2, 0.25) is 5.02 Å². The van der Waals surface area contributed by atoms with Gasteiger partial charge in [0.15, 0.2) is 5.13 Å². The Hall–Kier alpha value is -3.48. The molecule has 0 radical (unpaired) electrons. The molecule has 4 aromatic rings. The molecule has 1 amide bonds. The lowest BCUT2D eigenvalue weighted by Crippen LogP contribution is -2.29. The fraction of sp³-hybridized carbons (Fsp3) is 0.148. The summed E-state index contributed by atoms with van der Waals surface area (Å²) in [5.41, 5.74) is 5.07. The average molecular weight is 489 g/mol. The third kappa shape index (κ3) is 3.69. The molecule has 2 heterocycles. The number of amides is 1. The summed E-state index contributed by atoms with van der Waals surface area (Å²) < 4.78 is 0.929. The number of thiazole rings is 1. The van der Waals surface area contributed by atoms with Crippen LogP contribution in [0.1, 0.15) is 33.9 Å². The van der Waals surface area contributed by atoms with Crippen molar-refractivity contribution >= 4 is 55.7 Å². The van der Waals surface area contributed by atoms with Gasteiger partial charge in [0.2, 0.25) is 0 Å². The number of aliphatic hydroxyl groups is 1. The molecule has 1 aliphatic heterocycles. The summed E-state index contributed by atoms with van der Waals surface area (Å²) in [5.74, 6) is -1.74. The molecule has 1 aliphatic rings. The van der Waals surface area contributed by atoms with Gasteiger partial charge in [-0.3, -0.25) is 14.5 Å². The van der Waals surface area contributed by atoms with Crippen LogP contribution >= 0.6 is 22.9 Å². The molecule has 1 atom stereocenters.